The first-order chi connectivity index (χ1) is 17.3. The van der Waals surface area contributed by atoms with Gasteiger partial charge in [-0.05, 0) is 23.6 Å². The van der Waals surface area contributed by atoms with Crippen molar-refractivity contribution in [3.05, 3.63) is 66.2 Å². The van der Waals surface area contributed by atoms with Crippen LogP contribution in [0.25, 0.3) is 0 Å². The molecule has 2 aromatic carbocycles. The van der Waals surface area contributed by atoms with Crippen LogP contribution in [0.2, 0.25) is 0 Å². The predicted octanol–water partition coefficient (Wildman–Crippen LogP) is 2.03. The number of benzene rings is 2. The van der Waals surface area contributed by atoms with Gasteiger partial charge in [0.1, 0.15) is 36.2 Å². The third-order valence-corrected chi connectivity index (χ3v) is 5.95. The molecule has 2 aromatic rings. The Kier molecular flexibility index (Phi) is 10.2. The third kappa shape index (κ3) is 7.51. The van der Waals surface area contributed by atoms with Gasteiger partial charge in [-0.2, -0.15) is 0 Å². The number of hydrogen-bond acceptors (Lipinski definition) is 7. The van der Waals surface area contributed by atoms with Gasteiger partial charge >= 0.3 is 0 Å². The molecule has 1 fully saturated rings. The Labute approximate surface area is 212 Å². The Balaban J connectivity index is 1.77. The molecule has 0 bridgehead atoms. The molecule has 1 saturated heterocycles. The Morgan fingerprint density at radius 1 is 1.03 bits per heavy atom. The monoisotopic (exact) mass is 500 g/mol. The van der Waals surface area contributed by atoms with Crippen LogP contribution in [-0.2, 0) is 30.4 Å². The number of rotatable bonds is 11. The van der Waals surface area contributed by atoms with Crippen molar-refractivity contribution >= 4 is 11.8 Å². The Hall–Kier alpha value is -2.98. The first kappa shape index (κ1) is 27.6. The second-order valence-corrected chi connectivity index (χ2v) is 9.09. The van der Waals surface area contributed by atoms with E-state index < -0.39 is 36.7 Å². The van der Waals surface area contributed by atoms with E-state index in [4.69, 9.17) is 18.9 Å². The minimum absolute atomic E-state index is 0.0622. The molecule has 0 spiro atoms. The van der Waals surface area contributed by atoms with E-state index in [-0.39, 0.29) is 30.9 Å². The molecule has 2 amide bonds. The maximum Gasteiger partial charge on any atom is 0.242 e. The zero-order valence-electron chi connectivity index (χ0n) is 21.1. The van der Waals surface area contributed by atoms with Crippen LogP contribution in [0.5, 0.6) is 5.75 Å². The SMILES string of the molecule is CO[C@H]1[C@H](OCc2ccccc2)[C@@H](O)[C@H](Oc2ccccc2)O[C@@H]1CNC(=O)C(NC(C)=O)C(C)C. The number of ether oxygens (including phenoxy) is 4. The number of amides is 2. The van der Waals surface area contributed by atoms with Crippen LogP contribution in [0.4, 0.5) is 0 Å². The van der Waals surface area contributed by atoms with E-state index in [2.05, 4.69) is 10.6 Å². The molecule has 0 aliphatic carbocycles. The van der Waals surface area contributed by atoms with Gasteiger partial charge in [-0.15, -0.1) is 0 Å². The third-order valence-electron chi connectivity index (χ3n) is 5.95. The van der Waals surface area contributed by atoms with E-state index >= 15 is 0 Å². The van der Waals surface area contributed by atoms with Gasteiger partial charge in [-0.25, -0.2) is 0 Å². The molecule has 0 aromatic heterocycles. The molecule has 196 valence electrons. The number of para-hydroxylation sites is 1. The van der Waals surface area contributed by atoms with Gasteiger partial charge in [-0.3, -0.25) is 9.59 Å². The van der Waals surface area contributed by atoms with Gasteiger partial charge in [0.05, 0.1) is 6.61 Å². The molecule has 36 heavy (non-hydrogen) atoms. The van der Waals surface area contributed by atoms with Gasteiger partial charge in [0, 0.05) is 20.6 Å². The molecular weight excluding hydrogens is 464 g/mol. The second-order valence-electron chi connectivity index (χ2n) is 9.09. The zero-order valence-corrected chi connectivity index (χ0v) is 21.1. The van der Waals surface area contributed by atoms with Crippen LogP contribution in [0.3, 0.4) is 0 Å². The molecule has 1 aliphatic rings. The van der Waals surface area contributed by atoms with Crippen LogP contribution in [0.1, 0.15) is 26.3 Å². The zero-order chi connectivity index (χ0) is 26.1. The van der Waals surface area contributed by atoms with Gasteiger partial charge < -0.3 is 34.7 Å². The normalized spacial score (nSPS) is 24.7. The fraction of sp³-hybridized carbons (Fsp3) is 0.481. The summed E-state index contributed by atoms with van der Waals surface area (Å²) in [6.45, 7) is 5.38. The molecule has 1 aliphatic heterocycles. The second kappa shape index (κ2) is 13.4. The maximum atomic E-state index is 12.9. The minimum atomic E-state index is -1.16. The first-order valence-electron chi connectivity index (χ1n) is 12.1. The smallest absolute Gasteiger partial charge is 0.242 e. The van der Waals surface area contributed by atoms with E-state index in [0.29, 0.717) is 5.75 Å². The van der Waals surface area contributed by atoms with Crippen molar-refractivity contribution in [2.75, 3.05) is 13.7 Å². The molecule has 9 nitrogen and oxygen atoms in total. The summed E-state index contributed by atoms with van der Waals surface area (Å²) in [6, 6.07) is 17.9. The molecule has 9 heteroatoms. The number of carbonyl (C=O) groups is 2. The van der Waals surface area contributed by atoms with Gasteiger partial charge in [0.25, 0.3) is 0 Å². The summed E-state index contributed by atoms with van der Waals surface area (Å²) in [5, 5.41) is 16.7. The fourth-order valence-electron chi connectivity index (χ4n) is 4.10. The number of aliphatic hydroxyl groups excluding tert-OH is 1. The van der Waals surface area contributed by atoms with Crippen molar-refractivity contribution in [2.24, 2.45) is 5.92 Å². The Morgan fingerprint density at radius 3 is 2.25 bits per heavy atom. The van der Waals surface area contributed by atoms with E-state index in [0.717, 1.165) is 5.56 Å². The van der Waals surface area contributed by atoms with Crippen molar-refractivity contribution in [1.29, 1.82) is 0 Å². The highest BCUT2D eigenvalue weighted by molar-refractivity contribution is 5.87. The van der Waals surface area contributed by atoms with E-state index in [1.165, 1.54) is 14.0 Å². The lowest BCUT2D eigenvalue weighted by Crippen LogP contribution is -2.63. The standard InChI is InChI=1S/C27H36N2O7/c1-17(2)22(29-18(3)30)26(32)28-15-21-24(33-4)25(34-16-19-11-7-5-8-12-19)23(31)27(36-21)35-20-13-9-6-10-14-20/h5-14,17,21-25,27,31H,15-16H2,1-4H3,(H,28,32)(H,29,30)/t21-,22?,23-,24-,25-,27-/m1/s1. The Morgan fingerprint density at radius 2 is 1.67 bits per heavy atom. The molecule has 3 rings (SSSR count). The molecular formula is C27H36N2O7. The van der Waals surface area contributed by atoms with Crippen molar-refractivity contribution in [2.45, 2.75) is 64.1 Å². The van der Waals surface area contributed by atoms with Crippen LogP contribution >= 0.6 is 0 Å². The molecule has 0 radical (unpaired) electrons. The fourth-order valence-corrected chi connectivity index (χ4v) is 4.10. The molecule has 1 heterocycles. The highest BCUT2D eigenvalue weighted by atomic mass is 16.7. The van der Waals surface area contributed by atoms with Crippen molar-refractivity contribution in [1.82, 2.24) is 10.6 Å². The lowest BCUT2D eigenvalue weighted by atomic mass is 9.97. The minimum Gasteiger partial charge on any atom is -0.462 e. The van der Waals surface area contributed by atoms with E-state index in [1.807, 2.05) is 62.4 Å². The number of nitrogens with one attached hydrogen (secondary N) is 2. The average molecular weight is 501 g/mol. The summed E-state index contributed by atoms with van der Waals surface area (Å²) in [5.41, 5.74) is 0.937. The molecule has 1 unspecified atom stereocenters. The number of methoxy groups -OCH3 is 1. The summed E-state index contributed by atoms with van der Waals surface area (Å²) < 4.78 is 23.8. The predicted molar refractivity (Wildman–Crippen MR) is 133 cm³/mol. The number of hydrogen-bond donors (Lipinski definition) is 3. The van der Waals surface area contributed by atoms with Crippen LogP contribution in [-0.4, -0.2) is 67.3 Å². The first-order valence-corrected chi connectivity index (χ1v) is 12.1. The quantitative estimate of drug-likeness (QED) is 0.432. The highest BCUT2D eigenvalue weighted by Gasteiger charge is 2.48. The van der Waals surface area contributed by atoms with Crippen molar-refractivity contribution in [3.63, 3.8) is 0 Å². The Bertz CT molecular complexity index is 957. The lowest BCUT2D eigenvalue weighted by molar-refractivity contribution is -0.285. The van der Waals surface area contributed by atoms with E-state index in [9.17, 15) is 14.7 Å². The summed E-state index contributed by atoms with van der Waals surface area (Å²) in [5.74, 6) is -0.224. The van der Waals surface area contributed by atoms with Crippen molar-refractivity contribution in [3.8, 4) is 5.75 Å². The number of carbonyl (C=O) groups excluding carboxylic acids is 2. The summed E-state index contributed by atoms with van der Waals surface area (Å²) in [4.78, 5) is 24.4. The molecule has 3 N–H and O–H groups in total. The van der Waals surface area contributed by atoms with Crippen LogP contribution in [0.15, 0.2) is 60.7 Å². The maximum absolute atomic E-state index is 12.9. The number of aliphatic hydroxyl groups is 1. The molecule has 0 saturated carbocycles. The summed E-state index contributed by atoms with van der Waals surface area (Å²) in [7, 11) is 1.50. The van der Waals surface area contributed by atoms with Crippen LogP contribution in [0, 0.1) is 5.92 Å². The molecule has 6 atom stereocenters. The van der Waals surface area contributed by atoms with Crippen LogP contribution < -0.4 is 15.4 Å². The topological polar surface area (TPSA) is 115 Å². The van der Waals surface area contributed by atoms with Gasteiger partial charge in [0.15, 0.2) is 0 Å². The van der Waals surface area contributed by atoms with E-state index in [1.54, 1.807) is 12.1 Å². The largest absolute Gasteiger partial charge is 0.462 e. The average Bonchev–Trinajstić information content (AvgIpc) is 2.87. The summed E-state index contributed by atoms with van der Waals surface area (Å²) in [6.07, 6.45) is -4.40. The van der Waals surface area contributed by atoms with Gasteiger partial charge in [0.2, 0.25) is 18.1 Å². The van der Waals surface area contributed by atoms with Crippen molar-refractivity contribution < 1.29 is 33.6 Å². The lowest BCUT2D eigenvalue weighted by Gasteiger charge is -2.43. The summed E-state index contributed by atoms with van der Waals surface area (Å²) >= 11 is 0. The highest BCUT2D eigenvalue weighted by Crippen LogP contribution is 2.28. The van der Waals surface area contributed by atoms with Gasteiger partial charge in [-0.1, -0.05) is 62.4 Å².